The number of nitrogens with zero attached hydrogens (tertiary/aromatic N) is 2. The van der Waals surface area contributed by atoms with Gasteiger partial charge in [-0.05, 0) is 49.4 Å². The number of ether oxygens (including phenoxy) is 1. The lowest BCUT2D eigenvalue weighted by atomic mass is 10.0. The number of nitrogens with one attached hydrogen (secondary N) is 1. The van der Waals surface area contributed by atoms with Crippen LogP contribution in [0.2, 0.25) is 0 Å². The molecule has 2 heterocycles. The molecule has 2 aromatic carbocycles. The summed E-state index contributed by atoms with van der Waals surface area (Å²) in [6.45, 7) is 1.80. The number of methoxy groups -OCH3 is 1. The summed E-state index contributed by atoms with van der Waals surface area (Å²) in [5, 5.41) is 4.21. The summed E-state index contributed by atoms with van der Waals surface area (Å²) in [5.41, 5.74) is 3.27. The molecule has 29 heavy (non-hydrogen) atoms. The topological polar surface area (TPSA) is 54.5 Å². The van der Waals surface area contributed by atoms with E-state index in [0.717, 1.165) is 47.4 Å². The summed E-state index contributed by atoms with van der Waals surface area (Å²) >= 11 is 0. The van der Waals surface area contributed by atoms with Gasteiger partial charge in [-0.1, -0.05) is 18.2 Å². The number of pyridine rings is 1. The number of hydrogen-bond acceptors (Lipinski definition) is 4. The summed E-state index contributed by atoms with van der Waals surface area (Å²) in [7, 11) is 3.54. The second kappa shape index (κ2) is 9.92. The number of hydrogen-bond donors (Lipinski definition) is 1. The SMILES string of the molecule is COc1ccc(-c2cc(C(=O)N(C)C3CCNC3)c3ccccc3n2)cc1.Cl.Cl. The van der Waals surface area contributed by atoms with Gasteiger partial charge in [0.25, 0.3) is 5.91 Å². The Hall–Kier alpha value is -2.34. The first-order chi connectivity index (χ1) is 13.2. The smallest absolute Gasteiger partial charge is 0.254 e. The predicted octanol–water partition coefficient (Wildman–Crippen LogP) is 4.19. The van der Waals surface area contributed by atoms with E-state index in [-0.39, 0.29) is 36.8 Å². The third-order valence-corrected chi connectivity index (χ3v) is 5.23. The molecular weight excluding hydrogens is 409 g/mol. The predicted molar refractivity (Wildman–Crippen MR) is 122 cm³/mol. The van der Waals surface area contributed by atoms with Crippen LogP contribution in [0.5, 0.6) is 5.75 Å². The highest BCUT2D eigenvalue weighted by Gasteiger charge is 2.25. The van der Waals surface area contributed by atoms with Crippen LogP contribution in [0.25, 0.3) is 22.2 Å². The number of amides is 1. The van der Waals surface area contributed by atoms with Crippen molar-refractivity contribution in [1.29, 1.82) is 0 Å². The minimum Gasteiger partial charge on any atom is -0.497 e. The molecule has 1 amide bonds. The number of carbonyl (C=O) groups is 1. The first kappa shape index (κ1) is 22.9. The first-order valence-corrected chi connectivity index (χ1v) is 9.19. The van der Waals surface area contributed by atoms with Crippen LogP contribution in [0.1, 0.15) is 16.8 Å². The maximum Gasteiger partial charge on any atom is 0.254 e. The largest absolute Gasteiger partial charge is 0.497 e. The highest BCUT2D eigenvalue weighted by atomic mass is 35.5. The van der Waals surface area contributed by atoms with Crippen LogP contribution in [0.15, 0.2) is 54.6 Å². The highest BCUT2D eigenvalue weighted by Crippen LogP contribution is 2.27. The molecule has 5 nitrogen and oxygen atoms in total. The maximum absolute atomic E-state index is 13.3. The van der Waals surface area contributed by atoms with E-state index in [1.54, 1.807) is 7.11 Å². The Morgan fingerprint density at radius 3 is 2.52 bits per heavy atom. The molecule has 4 rings (SSSR count). The van der Waals surface area contributed by atoms with Crippen LogP contribution in [-0.4, -0.2) is 49.1 Å². The number of rotatable bonds is 4. The van der Waals surface area contributed by atoms with E-state index in [1.807, 2.05) is 66.5 Å². The third kappa shape index (κ3) is 4.64. The van der Waals surface area contributed by atoms with Gasteiger partial charge in [0.15, 0.2) is 0 Å². The van der Waals surface area contributed by atoms with Gasteiger partial charge in [-0.2, -0.15) is 0 Å². The molecule has 1 aliphatic rings. The molecule has 1 N–H and O–H groups in total. The lowest BCUT2D eigenvalue weighted by Crippen LogP contribution is -2.38. The maximum atomic E-state index is 13.3. The van der Waals surface area contributed by atoms with Crippen molar-refractivity contribution in [1.82, 2.24) is 15.2 Å². The molecule has 0 spiro atoms. The Morgan fingerprint density at radius 1 is 1.14 bits per heavy atom. The number of likely N-dealkylation sites (N-methyl/N-ethyl adjacent to an activating group) is 1. The number of halogens is 2. The fraction of sp³-hybridized carbons (Fsp3) is 0.273. The molecule has 0 aliphatic carbocycles. The molecule has 0 radical (unpaired) electrons. The molecule has 1 saturated heterocycles. The van der Waals surface area contributed by atoms with Gasteiger partial charge < -0.3 is 15.0 Å². The first-order valence-electron chi connectivity index (χ1n) is 9.19. The van der Waals surface area contributed by atoms with Crippen molar-refractivity contribution in [3.8, 4) is 17.0 Å². The van der Waals surface area contributed by atoms with Crippen LogP contribution >= 0.6 is 24.8 Å². The average Bonchev–Trinajstić information content (AvgIpc) is 3.27. The van der Waals surface area contributed by atoms with E-state index >= 15 is 0 Å². The lowest BCUT2D eigenvalue weighted by Gasteiger charge is -2.24. The van der Waals surface area contributed by atoms with Gasteiger partial charge in [-0.15, -0.1) is 24.8 Å². The number of aromatic nitrogens is 1. The highest BCUT2D eigenvalue weighted by molar-refractivity contribution is 6.07. The molecule has 3 aromatic rings. The standard InChI is InChI=1S/C22H23N3O2.2ClH/c1-25(16-11-12-23-14-16)22(26)19-13-21(15-7-9-17(27-2)10-8-15)24-20-6-4-3-5-18(19)20;;/h3-10,13,16,23H,11-12,14H2,1-2H3;2*1H. The lowest BCUT2D eigenvalue weighted by molar-refractivity contribution is 0.0745. The summed E-state index contributed by atoms with van der Waals surface area (Å²) in [6.07, 6.45) is 0.983. The Bertz CT molecular complexity index is 973. The molecule has 1 aliphatic heterocycles. The van der Waals surface area contributed by atoms with Crippen molar-refractivity contribution in [3.63, 3.8) is 0 Å². The zero-order valence-corrected chi connectivity index (χ0v) is 18.1. The molecule has 0 saturated carbocycles. The van der Waals surface area contributed by atoms with Crippen molar-refractivity contribution >= 4 is 41.6 Å². The number of carbonyl (C=O) groups excluding carboxylic acids is 1. The van der Waals surface area contributed by atoms with Crippen LogP contribution in [0, 0.1) is 0 Å². The van der Waals surface area contributed by atoms with E-state index < -0.39 is 0 Å². The van der Waals surface area contributed by atoms with E-state index in [4.69, 9.17) is 9.72 Å². The van der Waals surface area contributed by atoms with Crippen LogP contribution in [0.3, 0.4) is 0 Å². The Morgan fingerprint density at radius 2 is 1.86 bits per heavy atom. The zero-order chi connectivity index (χ0) is 18.8. The minimum atomic E-state index is 0. The molecule has 1 fully saturated rings. The fourth-order valence-corrected chi connectivity index (χ4v) is 3.59. The van der Waals surface area contributed by atoms with Crippen molar-refractivity contribution in [3.05, 3.63) is 60.2 Å². The van der Waals surface area contributed by atoms with Gasteiger partial charge in [0.1, 0.15) is 5.75 Å². The van der Waals surface area contributed by atoms with Gasteiger partial charge in [0.05, 0.1) is 23.9 Å². The van der Waals surface area contributed by atoms with Crippen molar-refractivity contribution in [2.45, 2.75) is 12.5 Å². The third-order valence-electron chi connectivity index (χ3n) is 5.23. The number of benzene rings is 2. The molecule has 1 unspecified atom stereocenters. The Labute approximate surface area is 183 Å². The van der Waals surface area contributed by atoms with E-state index in [1.165, 1.54) is 0 Å². The molecule has 1 aromatic heterocycles. The van der Waals surface area contributed by atoms with Crippen LogP contribution < -0.4 is 10.1 Å². The van der Waals surface area contributed by atoms with E-state index in [9.17, 15) is 4.79 Å². The van der Waals surface area contributed by atoms with Gasteiger partial charge in [-0.3, -0.25) is 4.79 Å². The summed E-state index contributed by atoms with van der Waals surface area (Å²) in [5.74, 6) is 0.835. The monoisotopic (exact) mass is 433 g/mol. The van der Waals surface area contributed by atoms with Gasteiger partial charge in [0, 0.05) is 30.6 Å². The van der Waals surface area contributed by atoms with E-state index in [0.29, 0.717) is 5.56 Å². The van der Waals surface area contributed by atoms with Crippen molar-refractivity contribution in [2.24, 2.45) is 0 Å². The second-order valence-corrected chi connectivity index (χ2v) is 6.86. The van der Waals surface area contributed by atoms with Crippen LogP contribution in [-0.2, 0) is 0 Å². The Kier molecular flexibility index (Phi) is 7.85. The molecule has 154 valence electrons. The molecule has 0 bridgehead atoms. The minimum absolute atomic E-state index is 0. The molecule has 7 heteroatoms. The van der Waals surface area contributed by atoms with Gasteiger partial charge in [0.2, 0.25) is 0 Å². The van der Waals surface area contributed by atoms with Gasteiger partial charge in [-0.25, -0.2) is 4.98 Å². The van der Waals surface area contributed by atoms with E-state index in [2.05, 4.69) is 5.32 Å². The van der Waals surface area contributed by atoms with Gasteiger partial charge >= 0.3 is 0 Å². The van der Waals surface area contributed by atoms with Crippen molar-refractivity contribution < 1.29 is 9.53 Å². The van der Waals surface area contributed by atoms with Crippen LogP contribution in [0.4, 0.5) is 0 Å². The number of fused-ring (bicyclic) bond motifs is 1. The number of para-hydroxylation sites is 1. The fourth-order valence-electron chi connectivity index (χ4n) is 3.59. The molecular formula is C22H25Cl2N3O2. The van der Waals surface area contributed by atoms with Crippen molar-refractivity contribution in [2.75, 3.05) is 27.2 Å². The second-order valence-electron chi connectivity index (χ2n) is 6.86. The summed E-state index contributed by atoms with van der Waals surface area (Å²) in [4.78, 5) is 19.9. The summed E-state index contributed by atoms with van der Waals surface area (Å²) < 4.78 is 5.24. The quantitative estimate of drug-likeness (QED) is 0.669. The Balaban J connectivity index is 0.00000150. The molecule has 1 atom stereocenters. The average molecular weight is 434 g/mol. The zero-order valence-electron chi connectivity index (χ0n) is 16.4. The normalized spacial score (nSPS) is 15.3. The summed E-state index contributed by atoms with van der Waals surface area (Å²) in [6, 6.07) is 17.7.